The van der Waals surface area contributed by atoms with Crippen LogP contribution in [0.1, 0.15) is 12.5 Å². The van der Waals surface area contributed by atoms with Crippen molar-refractivity contribution in [1.29, 1.82) is 0 Å². The van der Waals surface area contributed by atoms with E-state index in [-0.39, 0.29) is 12.0 Å². The first kappa shape index (κ1) is 25.4. The fourth-order valence-corrected chi connectivity index (χ4v) is 5.18. The highest BCUT2D eigenvalue weighted by atomic mass is 32.1. The van der Waals surface area contributed by atoms with Gasteiger partial charge in [-0.05, 0) is 37.6 Å². The number of carbonyl (C=O) groups is 1. The number of nitrogens with zero attached hydrogens (tertiary/aromatic N) is 6. The number of ether oxygens (including phenoxy) is 2. The van der Waals surface area contributed by atoms with E-state index in [1.165, 1.54) is 11.3 Å². The largest absolute Gasteiger partial charge is 0.492 e. The molecule has 2 saturated heterocycles. The summed E-state index contributed by atoms with van der Waals surface area (Å²) in [5.74, 6) is 1.71. The molecule has 0 spiro atoms. The number of fused-ring (bicyclic) bond motifs is 1. The van der Waals surface area contributed by atoms with E-state index in [9.17, 15) is 4.79 Å². The van der Waals surface area contributed by atoms with Crippen molar-refractivity contribution in [3.05, 3.63) is 29.3 Å². The fourth-order valence-electron chi connectivity index (χ4n) is 4.52. The van der Waals surface area contributed by atoms with Crippen molar-refractivity contribution in [2.45, 2.75) is 19.9 Å². The van der Waals surface area contributed by atoms with Gasteiger partial charge in [-0.2, -0.15) is 4.98 Å². The molecule has 0 radical (unpaired) electrons. The van der Waals surface area contributed by atoms with Gasteiger partial charge in [-0.1, -0.05) is 0 Å². The van der Waals surface area contributed by atoms with E-state index < -0.39 is 6.09 Å². The third kappa shape index (κ3) is 6.18. The van der Waals surface area contributed by atoms with Gasteiger partial charge in [-0.3, -0.25) is 10.2 Å². The number of aryl methyl sites for hydroxylation is 1. The molecule has 2 aromatic heterocycles. The average Bonchev–Trinajstić information content (AvgIpc) is 3.34. The van der Waals surface area contributed by atoms with Gasteiger partial charge in [0.1, 0.15) is 17.9 Å². The van der Waals surface area contributed by atoms with Gasteiger partial charge in [-0.15, -0.1) is 16.4 Å². The molecule has 2 aliphatic rings. The lowest BCUT2D eigenvalue weighted by atomic mass is 10.2. The predicted molar refractivity (Wildman–Crippen MR) is 142 cm³/mol. The lowest BCUT2D eigenvalue weighted by molar-refractivity contribution is -0.103. The third-order valence-electron chi connectivity index (χ3n) is 6.49. The Hall–Kier alpha value is -3.26. The van der Waals surface area contributed by atoms with E-state index in [0.29, 0.717) is 37.7 Å². The number of carbonyl (C=O) groups excluding carboxylic acids is 1. The Morgan fingerprint density at radius 2 is 2.08 bits per heavy atom. The van der Waals surface area contributed by atoms with Gasteiger partial charge in [0.05, 0.1) is 31.8 Å². The first-order chi connectivity index (χ1) is 18.0. The summed E-state index contributed by atoms with van der Waals surface area (Å²) in [5, 5.41) is 4.50. The summed E-state index contributed by atoms with van der Waals surface area (Å²) in [5.41, 5.74) is 9.96. The molecule has 0 unspecified atom stereocenters. The molecule has 3 N–H and O–H groups in total. The number of hydrogen-bond acceptors (Lipinski definition) is 12. The summed E-state index contributed by atoms with van der Waals surface area (Å²) in [6.07, 6.45) is -0.530. The molecule has 4 heterocycles. The van der Waals surface area contributed by atoms with Gasteiger partial charge < -0.3 is 24.9 Å². The fraction of sp³-hybridized carbons (Fsp3) is 0.500. The summed E-state index contributed by atoms with van der Waals surface area (Å²) in [7, 11) is 0. The quantitative estimate of drug-likeness (QED) is 0.468. The molecule has 1 aromatic carbocycles. The Morgan fingerprint density at radius 1 is 1.24 bits per heavy atom. The minimum atomic E-state index is -0.530. The number of nitrogens with one attached hydrogen (secondary N) is 1. The first-order valence-electron chi connectivity index (χ1n) is 12.4. The van der Waals surface area contributed by atoms with Crippen LogP contribution in [0.2, 0.25) is 0 Å². The van der Waals surface area contributed by atoms with E-state index in [1.807, 2.05) is 32.0 Å². The van der Waals surface area contributed by atoms with Crippen LogP contribution < -0.4 is 20.7 Å². The molecular formula is C24H32N8O4S. The normalized spacial score (nSPS) is 19.2. The molecule has 198 valence electrons. The monoisotopic (exact) mass is 528 g/mol. The Kier molecular flexibility index (Phi) is 7.84. The van der Waals surface area contributed by atoms with E-state index in [0.717, 1.165) is 54.5 Å². The number of amides is 1. The Morgan fingerprint density at radius 3 is 2.86 bits per heavy atom. The molecule has 5 rings (SSSR count). The number of thiazole rings is 1. The molecule has 1 atom stereocenters. The summed E-state index contributed by atoms with van der Waals surface area (Å²) in [6.45, 7) is 10.5. The zero-order valence-corrected chi connectivity index (χ0v) is 21.9. The van der Waals surface area contributed by atoms with Gasteiger partial charge in [0.15, 0.2) is 10.6 Å². The SMILES string of the molecule is Cc1cc(OCCN2CCOCC2)ccc1NC(=O)ON1CCN(c2nc(N)nc3scnc23)[C@@H](C)C1. The molecule has 13 heteroatoms. The van der Waals surface area contributed by atoms with Crippen molar-refractivity contribution in [3.63, 3.8) is 0 Å². The molecule has 12 nitrogen and oxygen atoms in total. The highest BCUT2D eigenvalue weighted by molar-refractivity contribution is 7.16. The van der Waals surface area contributed by atoms with Crippen LogP contribution in [-0.4, -0.2) is 96.1 Å². The molecule has 37 heavy (non-hydrogen) atoms. The second-order valence-corrected chi connectivity index (χ2v) is 9.96. The van der Waals surface area contributed by atoms with Gasteiger partial charge in [-0.25, -0.2) is 14.8 Å². The molecule has 2 fully saturated rings. The molecule has 3 aromatic rings. The molecule has 2 aliphatic heterocycles. The van der Waals surface area contributed by atoms with Crippen LogP contribution in [0.3, 0.4) is 0 Å². The summed E-state index contributed by atoms with van der Waals surface area (Å²) in [4.78, 5) is 36.5. The number of piperazine rings is 1. The molecular weight excluding hydrogens is 496 g/mol. The molecule has 1 amide bonds. The van der Waals surface area contributed by atoms with Gasteiger partial charge >= 0.3 is 6.09 Å². The number of benzene rings is 1. The number of hydroxylamine groups is 2. The Bertz CT molecular complexity index is 1230. The number of anilines is 3. The minimum Gasteiger partial charge on any atom is -0.492 e. The number of nitrogen functional groups attached to an aromatic ring is 1. The lowest BCUT2D eigenvalue weighted by Gasteiger charge is -2.39. The van der Waals surface area contributed by atoms with Gasteiger partial charge in [0, 0.05) is 37.9 Å². The summed E-state index contributed by atoms with van der Waals surface area (Å²) < 4.78 is 11.3. The first-order valence-corrected chi connectivity index (χ1v) is 13.2. The smallest absolute Gasteiger partial charge is 0.430 e. The predicted octanol–water partition coefficient (Wildman–Crippen LogP) is 2.36. The number of hydrogen-bond donors (Lipinski definition) is 2. The van der Waals surface area contributed by atoms with Crippen LogP contribution >= 0.6 is 11.3 Å². The second kappa shape index (κ2) is 11.4. The van der Waals surface area contributed by atoms with Crippen LogP contribution in [0, 0.1) is 6.92 Å². The average molecular weight is 529 g/mol. The molecule has 0 aliphatic carbocycles. The van der Waals surface area contributed by atoms with Crippen molar-refractivity contribution in [2.24, 2.45) is 0 Å². The van der Waals surface area contributed by atoms with Crippen LogP contribution in [0.15, 0.2) is 23.7 Å². The number of rotatable bonds is 7. The maximum Gasteiger partial charge on any atom is 0.430 e. The van der Waals surface area contributed by atoms with Crippen molar-refractivity contribution in [3.8, 4) is 5.75 Å². The van der Waals surface area contributed by atoms with Crippen LogP contribution in [0.4, 0.5) is 22.2 Å². The van der Waals surface area contributed by atoms with E-state index >= 15 is 0 Å². The molecule has 0 bridgehead atoms. The standard InChI is InChI=1S/C24H32N8O4S/c1-16-13-18(35-12-9-30-7-10-34-11-8-30)3-4-19(16)27-24(33)36-31-5-6-32(17(2)14-31)21-20-22(37-15-26-20)29-23(25)28-21/h3-4,13,15,17H,5-12,14H2,1-2H3,(H,27,33)(H2,25,28,29)/t17-/m0/s1. The topological polar surface area (TPSA) is 131 Å². The highest BCUT2D eigenvalue weighted by Gasteiger charge is 2.29. The van der Waals surface area contributed by atoms with Crippen LogP contribution in [0.25, 0.3) is 10.3 Å². The van der Waals surface area contributed by atoms with Crippen molar-refractivity contribution in [2.75, 3.05) is 75.0 Å². The third-order valence-corrected chi connectivity index (χ3v) is 7.20. The Balaban J connectivity index is 1.11. The van der Waals surface area contributed by atoms with E-state index in [4.69, 9.17) is 20.0 Å². The van der Waals surface area contributed by atoms with Gasteiger partial charge in [0.2, 0.25) is 5.95 Å². The number of morpholine rings is 1. The van der Waals surface area contributed by atoms with Crippen molar-refractivity contribution in [1.82, 2.24) is 24.9 Å². The highest BCUT2D eigenvalue weighted by Crippen LogP contribution is 2.29. The maximum absolute atomic E-state index is 12.6. The molecule has 0 saturated carbocycles. The van der Waals surface area contributed by atoms with Crippen molar-refractivity contribution < 1.29 is 19.1 Å². The second-order valence-electron chi connectivity index (χ2n) is 9.12. The zero-order valence-electron chi connectivity index (χ0n) is 21.1. The van der Waals surface area contributed by atoms with Crippen LogP contribution in [0.5, 0.6) is 5.75 Å². The Labute approximate surface area is 219 Å². The zero-order chi connectivity index (χ0) is 25.8. The minimum absolute atomic E-state index is 0.0244. The van der Waals surface area contributed by atoms with Crippen molar-refractivity contribution >= 4 is 45.2 Å². The van der Waals surface area contributed by atoms with Gasteiger partial charge in [0.25, 0.3) is 0 Å². The maximum atomic E-state index is 12.6. The summed E-state index contributed by atoms with van der Waals surface area (Å²) >= 11 is 1.43. The lowest BCUT2D eigenvalue weighted by Crippen LogP contribution is -2.53. The number of nitrogens with two attached hydrogens (primary N) is 1. The van der Waals surface area contributed by atoms with E-state index in [1.54, 1.807) is 10.6 Å². The van der Waals surface area contributed by atoms with Crippen LogP contribution in [-0.2, 0) is 9.57 Å². The van der Waals surface area contributed by atoms with E-state index in [2.05, 4.69) is 30.1 Å². The number of aromatic nitrogens is 3. The summed E-state index contributed by atoms with van der Waals surface area (Å²) in [6, 6.07) is 5.63.